The molecule has 0 N–H and O–H groups in total. The van der Waals surface area contributed by atoms with E-state index in [1.54, 1.807) is 29.2 Å². The molecule has 0 radical (unpaired) electrons. The highest BCUT2D eigenvalue weighted by Gasteiger charge is 2.35. The van der Waals surface area contributed by atoms with Gasteiger partial charge in [-0.15, -0.1) is 0 Å². The molecular formula is C21H18N2O5. The van der Waals surface area contributed by atoms with Crippen molar-refractivity contribution in [3.8, 4) is 11.5 Å². The largest absolute Gasteiger partial charge is 0.454 e. The predicted octanol–water partition coefficient (Wildman–Crippen LogP) is 1.99. The first kappa shape index (κ1) is 16.8. The second kappa shape index (κ2) is 6.37. The van der Waals surface area contributed by atoms with E-state index in [1.807, 2.05) is 12.1 Å². The van der Waals surface area contributed by atoms with E-state index in [0.717, 1.165) is 23.3 Å². The van der Waals surface area contributed by atoms with E-state index in [9.17, 15) is 14.4 Å². The minimum atomic E-state index is -0.329. The molecule has 0 unspecified atom stereocenters. The summed E-state index contributed by atoms with van der Waals surface area (Å²) in [4.78, 5) is 40.5. The molecule has 0 saturated heterocycles. The van der Waals surface area contributed by atoms with E-state index < -0.39 is 0 Å². The van der Waals surface area contributed by atoms with Crippen molar-refractivity contribution in [2.45, 2.75) is 19.4 Å². The first-order valence-electron chi connectivity index (χ1n) is 9.26. The first-order chi connectivity index (χ1) is 13.6. The molecule has 5 rings (SSSR count). The number of imide groups is 1. The SMILES string of the molecule is O=C(CCN1C(=O)c2ccccc2C1=O)N1CCc2cc3c(cc2C1)OCO3. The summed E-state index contributed by atoms with van der Waals surface area (Å²) in [6, 6.07) is 10.7. The topological polar surface area (TPSA) is 76.2 Å². The van der Waals surface area contributed by atoms with Crippen LogP contribution in [0.4, 0.5) is 0 Å². The summed E-state index contributed by atoms with van der Waals surface area (Å²) in [5, 5.41) is 0. The van der Waals surface area contributed by atoms with Crippen molar-refractivity contribution in [1.29, 1.82) is 0 Å². The van der Waals surface area contributed by atoms with Gasteiger partial charge in [-0.2, -0.15) is 0 Å². The monoisotopic (exact) mass is 378 g/mol. The minimum absolute atomic E-state index is 0.0696. The van der Waals surface area contributed by atoms with Crippen LogP contribution in [0.25, 0.3) is 0 Å². The van der Waals surface area contributed by atoms with Crippen LogP contribution >= 0.6 is 0 Å². The molecule has 3 heterocycles. The molecule has 142 valence electrons. The van der Waals surface area contributed by atoms with Crippen LogP contribution in [0.5, 0.6) is 11.5 Å². The average Bonchev–Trinajstić information content (AvgIpc) is 3.27. The van der Waals surface area contributed by atoms with Crippen LogP contribution in [0.3, 0.4) is 0 Å². The molecule has 0 aromatic heterocycles. The fraction of sp³-hybridized carbons (Fsp3) is 0.286. The van der Waals surface area contributed by atoms with Crippen molar-refractivity contribution in [1.82, 2.24) is 9.80 Å². The van der Waals surface area contributed by atoms with Crippen LogP contribution < -0.4 is 9.47 Å². The second-order valence-corrected chi connectivity index (χ2v) is 7.10. The Bertz CT molecular complexity index is 981. The predicted molar refractivity (Wildman–Crippen MR) is 98.1 cm³/mol. The number of ether oxygens (including phenoxy) is 2. The maximum atomic E-state index is 12.7. The molecule has 0 saturated carbocycles. The van der Waals surface area contributed by atoms with Crippen LogP contribution in [-0.4, -0.2) is 47.4 Å². The lowest BCUT2D eigenvalue weighted by Gasteiger charge is -2.29. The second-order valence-electron chi connectivity index (χ2n) is 7.10. The van der Waals surface area contributed by atoms with Gasteiger partial charge < -0.3 is 14.4 Å². The molecule has 0 spiro atoms. The minimum Gasteiger partial charge on any atom is -0.454 e. The molecule has 0 bridgehead atoms. The summed E-state index contributed by atoms with van der Waals surface area (Å²) in [7, 11) is 0. The van der Waals surface area contributed by atoms with Crippen LogP contribution in [0, 0.1) is 0 Å². The molecule has 7 nitrogen and oxygen atoms in total. The summed E-state index contributed by atoms with van der Waals surface area (Å²) in [5.74, 6) is 0.735. The number of benzene rings is 2. The Labute approximate surface area is 161 Å². The zero-order valence-electron chi connectivity index (χ0n) is 15.1. The lowest BCUT2D eigenvalue weighted by Crippen LogP contribution is -2.39. The van der Waals surface area contributed by atoms with E-state index in [0.29, 0.717) is 30.0 Å². The van der Waals surface area contributed by atoms with Crippen LogP contribution in [0.15, 0.2) is 36.4 Å². The number of hydrogen-bond acceptors (Lipinski definition) is 5. The van der Waals surface area contributed by atoms with Crippen LogP contribution in [0.1, 0.15) is 38.3 Å². The van der Waals surface area contributed by atoms with Gasteiger partial charge >= 0.3 is 0 Å². The Morgan fingerprint density at radius 3 is 2.29 bits per heavy atom. The van der Waals surface area contributed by atoms with Gasteiger partial charge in [0.1, 0.15) is 0 Å². The van der Waals surface area contributed by atoms with Crippen molar-refractivity contribution >= 4 is 17.7 Å². The summed E-state index contributed by atoms with van der Waals surface area (Å²) in [6.45, 7) is 1.41. The van der Waals surface area contributed by atoms with Crippen molar-refractivity contribution in [2.24, 2.45) is 0 Å². The van der Waals surface area contributed by atoms with Crippen molar-refractivity contribution in [3.05, 3.63) is 58.7 Å². The number of rotatable bonds is 3. The third-order valence-corrected chi connectivity index (χ3v) is 5.49. The van der Waals surface area contributed by atoms with E-state index in [1.165, 1.54) is 4.90 Å². The van der Waals surface area contributed by atoms with Gasteiger partial charge in [0.2, 0.25) is 12.7 Å². The Morgan fingerprint density at radius 1 is 0.964 bits per heavy atom. The Morgan fingerprint density at radius 2 is 1.61 bits per heavy atom. The molecule has 0 aliphatic carbocycles. The van der Waals surface area contributed by atoms with E-state index in [-0.39, 0.29) is 37.5 Å². The normalized spacial score (nSPS) is 17.0. The molecule has 2 aromatic rings. The molecular weight excluding hydrogens is 360 g/mol. The summed E-state index contributed by atoms with van der Waals surface area (Å²) < 4.78 is 10.8. The van der Waals surface area contributed by atoms with Gasteiger partial charge in [-0.1, -0.05) is 12.1 Å². The Balaban J connectivity index is 1.25. The summed E-state index contributed by atoms with van der Waals surface area (Å²) in [5.41, 5.74) is 3.02. The molecule has 3 aliphatic heterocycles. The first-order valence-corrected chi connectivity index (χ1v) is 9.26. The van der Waals surface area contributed by atoms with Crippen LogP contribution in [0.2, 0.25) is 0 Å². The number of nitrogens with zero attached hydrogens (tertiary/aromatic N) is 2. The third-order valence-electron chi connectivity index (χ3n) is 5.49. The maximum absolute atomic E-state index is 12.7. The highest BCUT2D eigenvalue weighted by molar-refractivity contribution is 6.21. The average molecular weight is 378 g/mol. The van der Waals surface area contributed by atoms with E-state index in [4.69, 9.17) is 9.47 Å². The highest BCUT2D eigenvalue weighted by Crippen LogP contribution is 2.36. The van der Waals surface area contributed by atoms with Crippen molar-refractivity contribution in [3.63, 3.8) is 0 Å². The fourth-order valence-corrected chi connectivity index (χ4v) is 3.97. The van der Waals surface area contributed by atoms with Crippen LogP contribution in [-0.2, 0) is 17.8 Å². The number of fused-ring (bicyclic) bond motifs is 3. The lowest BCUT2D eigenvalue weighted by atomic mass is 9.98. The molecule has 7 heteroatoms. The summed E-state index contributed by atoms with van der Waals surface area (Å²) in [6.07, 6.45) is 0.857. The standard InChI is InChI=1S/C21H18N2O5/c24-19(6-8-23-20(25)15-3-1-2-4-16(15)21(23)26)22-7-5-13-9-17-18(28-12-27-17)10-14(13)11-22/h1-4,9-10H,5-8,11-12H2. The third kappa shape index (κ3) is 2.62. The number of carbonyl (C=O) groups excluding carboxylic acids is 3. The van der Waals surface area contributed by atoms with E-state index in [2.05, 4.69) is 0 Å². The summed E-state index contributed by atoms with van der Waals surface area (Å²) >= 11 is 0. The van der Waals surface area contributed by atoms with Gasteiger partial charge in [0.05, 0.1) is 11.1 Å². The molecule has 28 heavy (non-hydrogen) atoms. The number of carbonyl (C=O) groups is 3. The zero-order chi connectivity index (χ0) is 19.3. The molecule has 0 fully saturated rings. The van der Waals surface area contributed by atoms with Gasteiger partial charge in [0.25, 0.3) is 11.8 Å². The quantitative estimate of drug-likeness (QED) is 0.764. The lowest BCUT2D eigenvalue weighted by molar-refractivity contribution is -0.132. The number of hydrogen-bond donors (Lipinski definition) is 0. The van der Waals surface area contributed by atoms with Gasteiger partial charge in [-0.05, 0) is 41.8 Å². The molecule has 0 atom stereocenters. The van der Waals surface area contributed by atoms with Crippen molar-refractivity contribution in [2.75, 3.05) is 19.9 Å². The molecule has 3 amide bonds. The van der Waals surface area contributed by atoms with Gasteiger partial charge in [-0.3, -0.25) is 19.3 Å². The Hall–Kier alpha value is -3.35. The van der Waals surface area contributed by atoms with Gasteiger partial charge in [0.15, 0.2) is 11.5 Å². The Kier molecular flexibility index (Phi) is 3.82. The zero-order valence-corrected chi connectivity index (χ0v) is 15.1. The molecule has 3 aliphatic rings. The highest BCUT2D eigenvalue weighted by atomic mass is 16.7. The molecule has 2 aromatic carbocycles. The fourth-order valence-electron chi connectivity index (χ4n) is 3.97. The van der Waals surface area contributed by atoms with Gasteiger partial charge in [0, 0.05) is 26.1 Å². The van der Waals surface area contributed by atoms with E-state index >= 15 is 0 Å². The van der Waals surface area contributed by atoms with Crippen molar-refractivity contribution < 1.29 is 23.9 Å². The van der Waals surface area contributed by atoms with Gasteiger partial charge in [-0.25, -0.2) is 0 Å². The maximum Gasteiger partial charge on any atom is 0.261 e. The number of amides is 3. The smallest absolute Gasteiger partial charge is 0.261 e.